The average Bonchev–Trinajstić information content (AvgIpc) is 2.97. The van der Waals surface area contributed by atoms with Crippen molar-refractivity contribution in [1.29, 1.82) is 0 Å². The second-order valence-corrected chi connectivity index (χ2v) is 9.79. The van der Waals surface area contributed by atoms with E-state index in [2.05, 4.69) is 31.1 Å². The highest BCUT2D eigenvalue weighted by atomic mass is 16.3. The summed E-state index contributed by atoms with van der Waals surface area (Å²) in [5.74, 6) is 0. The van der Waals surface area contributed by atoms with Crippen molar-refractivity contribution >= 4 is 55.7 Å². The summed E-state index contributed by atoms with van der Waals surface area (Å²) in [7, 11) is 0. The van der Waals surface area contributed by atoms with Gasteiger partial charge >= 0.3 is 0 Å². The van der Waals surface area contributed by atoms with Gasteiger partial charge in [0.25, 0.3) is 0 Å². The summed E-state index contributed by atoms with van der Waals surface area (Å²) in [6.45, 7) is 1.99. The zero-order chi connectivity index (χ0) is 26.8. The highest BCUT2D eigenvalue weighted by Gasteiger charge is 2.29. The Morgan fingerprint density at radius 3 is 1.82 bits per heavy atom. The van der Waals surface area contributed by atoms with Crippen molar-refractivity contribution in [2.75, 3.05) is 23.8 Å². The van der Waals surface area contributed by atoms with Gasteiger partial charge in [-0.25, -0.2) is 0 Å². The normalized spacial score (nSPS) is 16.7. The average molecular weight is 517 g/mol. The van der Waals surface area contributed by atoms with Gasteiger partial charge in [0.1, 0.15) is 5.66 Å². The zero-order valence-electron chi connectivity index (χ0n) is 21.5. The van der Waals surface area contributed by atoms with Crippen molar-refractivity contribution in [2.24, 2.45) is 20.5 Å². The summed E-state index contributed by atoms with van der Waals surface area (Å²) in [5.41, 5.74) is 5.29. The number of hydrogen-bond donors (Lipinski definition) is 4. The fraction of sp³-hybridized carbons (Fsp3) is 0.161. The molecule has 1 aliphatic heterocycles. The van der Waals surface area contributed by atoms with Crippen molar-refractivity contribution in [3.8, 4) is 0 Å². The Labute approximate surface area is 225 Å². The maximum absolute atomic E-state index is 9.84. The van der Waals surface area contributed by atoms with E-state index in [-0.39, 0.29) is 13.2 Å². The zero-order valence-corrected chi connectivity index (χ0v) is 21.5. The molecule has 5 aromatic carbocycles. The summed E-state index contributed by atoms with van der Waals surface area (Å²) < 4.78 is 0. The molecule has 0 saturated carbocycles. The van der Waals surface area contributed by atoms with E-state index in [0.717, 1.165) is 61.2 Å². The predicted molar refractivity (Wildman–Crippen MR) is 156 cm³/mol. The maximum atomic E-state index is 9.84. The number of fused-ring (bicyclic) bond motifs is 1. The summed E-state index contributed by atoms with van der Waals surface area (Å²) in [4.78, 5) is 0. The van der Waals surface area contributed by atoms with Gasteiger partial charge in [-0.2, -0.15) is 5.11 Å². The van der Waals surface area contributed by atoms with Crippen LogP contribution in [0.3, 0.4) is 0 Å². The number of nitrogens with one attached hydrogen (secondary N) is 2. The Morgan fingerprint density at radius 1 is 0.615 bits per heavy atom. The van der Waals surface area contributed by atoms with Gasteiger partial charge < -0.3 is 20.8 Å². The van der Waals surface area contributed by atoms with E-state index in [0.29, 0.717) is 6.42 Å². The first kappa shape index (κ1) is 24.7. The van der Waals surface area contributed by atoms with Crippen molar-refractivity contribution in [3.05, 3.63) is 96.6 Å². The van der Waals surface area contributed by atoms with Gasteiger partial charge in [-0.1, -0.05) is 48.5 Å². The molecule has 5 aromatic rings. The SMILES string of the molecule is CC1(CO)Nc2cccc3c(N=Nc4ccc(N=Nc5ccc(CCO)cc5)c5ccccc45)ccc(c23)N1. The van der Waals surface area contributed by atoms with Crippen molar-refractivity contribution in [1.82, 2.24) is 0 Å². The minimum absolute atomic E-state index is 0.0518. The molecule has 0 aromatic heterocycles. The molecule has 1 atom stereocenters. The molecule has 6 rings (SSSR count). The van der Waals surface area contributed by atoms with Gasteiger partial charge in [0, 0.05) is 39.5 Å². The molecular formula is C31H28N6O2. The number of azo groups is 2. The van der Waals surface area contributed by atoms with Gasteiger partial charge in [-0.05, 0) is 61.4 Å². The molecule has 0 radical (unpaired) electrons. The van der Waals surface area contributed by atoms with Crippen LogP contribution in [0.2, 0.25) is 0 Å². The lowest BCUT2D eigenvalue weighted by molar-refractivity contribution is 0.238. The highest BCUT2D eigenvalue weighted by Crippen LogP contribution is 2.42. The number of anilines is 2. The van der Waals surface area contributed by atoms with Crippen LogP contribution >= 0.6 is 0 Å². The molecule has 8 nitrogen and oxygen atoms in total. The number of aliphatic hydroxyl groups is 2. The number of benzene rings is 5. The van der Waals surface area contributed by atoms with Crippen LogP contribution in [-0.4, -0.2) is 29.1 Å². The van der Waals surface area contributed by atoms with Crippen LogP contribution in [0.1, 0.15) is 12.5 Å². The Bertz CT molecular complexity index is 1720. The highest BCUT2D eigenvalue weighted by molar-refractivity contribution is 6.09. The van der Waals surface area contributed by atoms with Crippen LogP contribution in [0.15, 0.2) is 111 Å². The smallest absolute Gasteiger partial charge is 0.129 e. The molecule has 0 spiro atoms. The fourth-order valence-corrected chi connectivity index (χ4v) is 4.91. The van der Waals surface area contributed by atoms with Gasteiger partial charge in [0.15, 0.2) is 0 Å². The van der Waals surface area contributed by atoms with Crippen molar-refractivity contribution in [2.45, 2.75) is 19.0 Å². The van der Waals surface area contributed by atoms with Crippen molar-refractivity contribution in [3.63, 3.8) is 0 Å². The molecule has 1 unspecified atom stereocenters. The topological polar surface area (TPSA) is 114 Å². The lowest BCUT2D eigenvalue weighted by Crippen LogP contribution is -2.48. The molecule has 1 aliphatic rings. The van der Waals surface area contributed by atoms with E-state index in [1.807, 2.05) is 97.9 Å². The summed E-state index contributed by atoms with van der Waals surface area (Å²) in [6.07, 6.45) is 0.621. The van der Waals surface area contributed by atoms with E-state index in [1.54, 1.807) is 0 Å². The van der Waals surface area contributed by atoms with Gasteiger partial charge in [0.05, 0.1) is 29.4 Å². The number of aliphatic hydroxyl groups excluding tert-OH is 2. The Balaban J connectivity index is 1.33. The Kier molecular flexibility index (Phi) is 6.48. The van der Waals surface area contributed by atoms with Gasteiger partial charge in [0.2, 0.25) is 0 Å². The number of nitrogens with zero attached hydrogens (tertiary/aromatic N) is 4. The van der Waals surface area contributed by atoms with Crippen molar-refractivity contribution < 1.29 is 10.2 Å². The maximum Gasteiger partial charge on any atom is 0.129 e. The first-order valence-electron chi connectivity index (χ1n) is 12.8. The molecule has 0 saturated heterocycles. The quantitative estimate of drug-likeness (QED) is 0.165. The van der Waals surface area contributed by atoms with E-state index >= 15 is 0 Å². The van der Waals surface area contributed by atoms with E-state index in [9.17, 15) is 5.11 Å². The Morgan fingerprint density at radius 2 is 1.18 bits per heavy atom. The molecule has 0 amide bonds. The molecule has 8 heteroatoms. The molecule has 4 N–H and O–H groups in total. The molecular weight excluding hydrogens is 488 g/mol. The van der Waals surface area contributed by atoms with E-state index < -0.39 is 5.66 Å². The van der Waals surface area contributed by atoms with Crippen LogP contribution in [-0.2, 0) is 6.42 Å². The molecule has 0 fully saturated rings. The summed E-state index contributed by atoms with van der Waals surface area (Å²) in [5, 5.41) is 47.8. The summed E-state index contributed by atoms with van der Waals surface area (Å²) in [6, 6.07) is 29.4. The second-order valence-electron chi connectivity index (χ2n) is 9.79. The largest absolute Gasteiger partial charge is 0.396 e. The van der Waals surface area contributed by atoms with Gasteiger partial charge in [-0.15, -0.1) is 15.3 Å². The molecule has 1 heterocycles. The second kappa shape index (κ2) is 10.2. The Hall–Kier alpha value is -4.66. The number of rotatable bonds is 7. The third kappa shape index (κ3) is 4.83. The van der Waals surface area contributed by atoms with E-state index in [1.165, 1.54) is 0 Å². The van der Waals surface area contributed by atoms with Crippen LogP contribution in [0.5, 0.6) is 0 Å². The fourth-order valence-electron chi connectivity index (χ4n) is 4.91. The lowest BCUT2D eigenvalue weighted by atomic mass is 9.99. The summed E-state index contributed by atoms with van der Waals surface area (Å²) >= 11 is 0. The molecule has 0 bridgehead atoms. The third-order valence-electron chi connectivity index (χ3n) is 6.91. The third-order valence-corrected chi connectivity index (χ3v) is 6.91. The predicted octanol–water partition coefficient (Wildman–Crippen LogP) is 7.90. The molecule has 194 valence electrons. The van der Waals surface area contributed by atoms with Crippen LogP contribution < -0.4 is 10.6 Å². The minimum atomic E-state index is -0.633. The first-order valence-corrected chi connectivity index (χ1v) is 12.8. The van der Waals surface area contributed by atoms with E-state index in [4.69, 9.17) is 5.11 Å². The molecule has 39 heavy (non-hydrogen) atoms. The van der Waals surface area contributed by atoms with Crippen LogP contribution in [0.25, 0.3) is 21.5 Å². The lowest BCUT2D eigenvalue weighted by Gasteiger charge is -2.37. The van der Waals surface area contributed by atoms with Crippen LogP contribution in [0, 0.1) is 0 Å². The van der Waals surface area contributed by atoms with Gasteiger partial charge in [-0.3, -0.25) is 0 Å². The standard InChI is InChI=1S/C31H28N6O2/c1-31(19-39)32-28-8-4-7-24-27(15-16-29(33-31)30(24)28)37-36-26-14-13-25(22-5-2-3-6-23(22)26)35-34-21-11-9-20(10-12-21)17-18-38/h2-16,32-33,38-39H,17-19H2,1H3. The minimum Gasteiger partial charge on any atom is -0.396 e. The first-order chi connectivity index (χ1) is 19.1. The monoisotopic (exact) mass is 516 g/mol. The number of hydrogen-bond acceptors (Lipinski definition) is 8. The molecule has 0 aliphatic carbocycles. The van der Waals surface area contributed by atoms with Crippen LogP contribution in [0.4, 0.5) is 34.1 Å².